The standard InChI is InChI=1S/C10H14N2/c1-8(2)5-6-9-4-3-7-12-10(9)11/h3-8H,1-2H3,(H2,11,12)/b6-5-. The van der Waals surface area contributed by atoms with Gasteiger partial charge in [-0.25, -0.2) is 4.98 Å². The van der Waals surface area contributed by atoms with Crippen molar-refractivity contribution in [1.29, 1.82) is 0 Å². The molecule has 0 aliphatic heterocycles. The molecule has 2 nitrogen and oxygen atoms in total. The third-order valence-corrected chi connectivity index (χ3v) is 1.53. The minimum Gasteiger partial charge on any atom is -0.383 e. The number of nitrogens with zero attached hydrogens (tertiary/aromatic N) is 1. The van der Waals surface area contributed by atoms with Crippen molar-refractivity contribution >= 4 is 11.9 Å². The van der Waals surface area contributed by atoms with Crippen molar-refractivity contribution in [3.8, 4) is 0 Å². The Morgan fingerprint density at radius 2 is 2.25 bits per heavy atom. The van der Waals surface area contributed by atoms with E-state index in [0.717, 1.165) is 5.56 Å². The summed E-state index contributed by atoms with van der Waals surface area (Å²) in [5.74, 6) is 1.14. The van der Waals surface area contributed by atoms with Crippen LogP contribution < -0.4 is 5.73 Å². The molecule has 0 saturated heterocycles. The Labute approximate surface area is 73.1 Å². The van der Waals surface area contributed by atoms with Crippen LogP contribution in [0.1, 0.15) is 19.4 Å². The number of aromatic nitrogens is 1. The largest absolute Gasteiger partial charge is 0.383 e. The molecule has 2 heteroatoms. The summed E-state index contributed by atoms with van der Waals surface area (Å²) >= 11 is 0. The van der Waals surface area contributed by atoms with Crippen molar-refractivity contribution in [3.63, 3.8) is 0 Å². The number of pyridine rings is 1. The summed E-state index contributed by atoms with van der Waals surface area (Å²) in [6, 6.07) is 3.84. The quantitative estimate of drug-likeness (QED) is 0.724. The number of anilines is 1. The second-order valence-corrected chi connectivity index (χ2v) is 3.08. The zero-order chi connectivity index (χ0) is 8.97. The molecular formula is C10H14N2. The Bertz CT molecular complexity index is 277. The highest BCUT2D eigenvalue weighted by Crippen LogP contribution is 2.10. The van der Waals surface area contributed by atoms with Crippen LogP contribution in [-0.4, -0.2) is 4.98 Å². The molecular weight excluding hydrogens is 148 g/mol. The van der Waals surface area contributed by atoms with Gasteiger partial charge in [0.2, 0.25) is 0 Å². The van der Waals surface area contributed by atoms with E-state index < -0.39 is 0 Å². The van der Waals surface area contributed by atoms with Gasteiger partial charge in [-0.2, -0.15) is 0 Å². The zero-order valence-electron chi connectivity index (χ0n) is 7.49. The minimum atomic E-state index is 0.546. The monoisotopic (exact) mass is 162 g/mol. The van der Waals surface area contributed by atoms with E-state index in [1.54, 1.807) is 6.20 Å². The number of nitrogens with two attached hydrogens (primary N) is 1. The molecule has 0 aliphatic rings. The fourth-order valence-electron chi connectivity index (χ4n) is 0.867. The predicted octanol–water partition coefficient (Wildman–Crippen LogP) is 2.33. The van der Waals surface area contributed by atoms with Crippen LogP contribution in [-0.2, 0) is 0 Å². The highest BCUT2D eigenvalue weighted by molar-refractivity contribution is 5.60. The van der Waals surface area contributed by atoms with Crippen molar-refractivity contribution in [2.24, 2.45) is 5.92 Å². The van der Waals surface area contributed by atoms with E-state index in [9.17, 15) is 0 Å². The van der Waals surface area contributed by atoms with Gasteiger partial charge in [0.05, 0.1) is 0 Å². The van der Waals surface area contributed by atoms with E-state index in [0.29, 0.717) is 11.7 Å². The van der Waals surface area contributed by atoms with Crippen molar-refractivity contribution in [2.75, 3.05) is 5.73 Å². The first-order valence-corrected chi connectivity index (χ1v) is 4.09. The van der Waals surface area contributed by atoms with Crippen molar-refractivity contribution in [2.45, 2.75) is 13.8 Å². The minimum absolute atomic E-state index is 0.546. The molecule has 1 aromatic heterocycles. The lowest BCUT2D eigenvalue weighted by molar-refractivity contribution is 0.836. The summed E-state index contributed by atoms with van der Waals surface area (Å²) in [7, 11) is 0. The number of hydrogen-bond acceptors (Lipinski definition) is 2. The van der Waals surface area contributed by atoms with E-state index in [1.165, 1.54) is 0 Å². The number of rotatable bonds is 2. The Balaban J connectivity index is 2.82. The molecule has 0 fully saturated rings. The lowest BCUT2D eigenvalue weighted by atomic mass is 10.1. The SMILES string of the molecule is CC(C)/C=C\c1cccnc1N. The smallest absolute Gasteiger partial charge is 0.130 e. The summed E-state index contributed by atoms with van der Waals surface area (Å²) < 4.78 is 0. The van der Waals surface area contributed by atoms with E-state index in [4.69, 9.17) is 5.73 Å². The van der Waals surface area contributed by atoms with Crippen LogP contribution in [0.3, 0.4) is 0 Å². The molecule has 0 spiro atoms. The normalized spacial score (nSPS) is 11.2. The van der Waals surface area contributed by atoms with E-state index in [2.05, 4.69) is 24.9 Å². The maximum absolute atomic E-state index is 5.64. The van der Waals surface area contributed by atoms with Gasteiger partial charge in [-0.3, -0.25) is 0 Å². The maximum Gasteiger partial charge on any atom is 0.130 e. The highest BCUT2D eigenvalue weighted by Gasteiger charge is 1.93. The first-order chi connectivity index (χ1) is 5.70. The van der Waals surface area contributed by atoms with E-state index in [-0.39, 0.29) is 0 Å². The molecule has 0 aromatic carbocycles. The number of hydrogen-bond donors (Lipinski definition) is 1. The van der Waals surface area contributed by atoms with E-state index >= 15 is 0 Å². The van der Waals surface area contributed by atoms with Crippen LogP contribution in [0.2, 0.25) is 0 Å². The summed E-state index contributed by atoms with van der Waals surface area (Å²) in [5.41, 5.74) is 6.64. The molecule has 0 saturated carbocycles. The summed E-state index contributed by atoms with van der Waals surface area (Å²) in [4.78, 5) is 3.98. The van der Waals surface area contributed by atoms with Crippen molar-refractivity contribution in [1.82, 2.24) is 4.98 Å². The fraction of sp³-hybridized carbons (Fsp3) is 0.300. The third kappa shape index (κ3) is 2.38. The van der Waals surface area contributed by atoms with Crippen LogP contribution >= 0.6 is 0 Å². The van der Waals surface area contributed by atoms with Gasteiger partial charge >= 0.3 is 0 Å². The van der Waals surface area contributed by atoms with Gasteiger partial charge < -0.3 is 5.73 Å². The van der Waals surface area contributed by atoms with Gasteiger partial charge in [0, 0.05) is 11.8 Å². The molecule has 0 bridgehead atoms. The molecule has 0 amide bonds. The van der Waals surface area contributed by atoms with Crippen LogP contribution in [0, 0.1) is 5.92 Å². The summed E-state index contributed by atoms with van der Waals surface area (Å²) in [6.45, 7) is 4.26. The third-order valence-electron chi connectivity index (χ3n) is 1.53. The van der Waals surface area contributed by atoms with Crippen LogP contribution in [0.5, 0.6) is 0 Å². The highest BCUT2D eigenvalue weighted by atomic mass is 14.8. The Morgan fingerprint density at radius 1 is 1.50 bits per heavy atom. The summed E-state index contributed by atoms with van der Waals surface area (Å²) in [6.07, 6.45) is 5.81. The summed E-state index contributed by atoms with van der Waals surface area (Å²) in [5, 5.41) is 0. The average Bonchev–Trinajstić information content (AvgIpc) is 2.03. The maximum atomic E-state index is 5.64. The van der Waals surface area contributed by atoms with Gasteiger partial charge in [-0.05, 0) is 18.1 Å². The molecule has 0 unspecified atom stereocenters. The Morgan fingerprint density at radius 3 is 2.83 bits per heavy atom. The molecule has 1 aromatic rings. The van der Waals surface area contributed by atoms with Gasteiger partial charge in [0.25, 0.3) is 0 Å². The van der Waals surface area contributed by atoms with Crippen molar-refractivity contribution in [3.05, 3.63) is 30.0 Å². The molecule has 2 N–H and O–H groups in total. The Kier molecular flexibility index (Phi) is 2.86. The van der Waals surface area contributed by atoms with E-state index in [1.807, 2.05) is 18.2 Å². The fourth-order valence-corrected chi connectivity index (χ4v) is 0.867. The second kappa shape index (κ2) is 3.90. The van der Waals surface area contributed by atoms with Gasteiger partial charge in [-0.15, -0.1) is 0 Å². The number of nitrogen functional groups attached to an aromatic ring is 1. The molecule has 12 heavy (non-hydrogen) atoms. The van der Waals surface area contributed by atoms with Gasteiger partial charge in [-0.1, -0.05) is 26.0 Å². The molecule has 64 valence electrons. The Hall–Kier alpha value is -1.31. The predicted molar refractivity (Wildman–Crippen MR) is 52.5 cm³/mol. The van der Waals surface area contributed by atoms with Gasteiger partial charge in [0.1, 0.15) is 5.82 Å². The lowest BCUT2D eigenvalue weighted by Gasteiger charge is -1.98. The van der Waals surface area contributed by atoms with Crippen LogP contribution in [0.25, 0.3) is 6.08 Å². The lowest BCUT2D eigenvalue weighted by Crippen LogP contribution is -1.92. The van der Waals surface area contributed by atoms with Crippen LogP contribution in [0.4, 0.5) is 5.82 Å². The molecule has 0 radical (unpaired) electrons. The molecule has 0 aliphatic carbocycles. The molecule has 1 heterocycles. The average molecular weight is 162 g/mol. The van der Waals surface area contributed by atoms with Gasteiger partial charge in [0.15, 0.2) is 0 Å². The van der Waals surface area contributed by atoms with Crippen molar-refractivity contribution < 1.29 is 0 Å². The zero-order valence-corrected chi connectivity index (χ0v) is 7.49. The first-order valence-electron chi connectivity index (χ1n) is 4.09. The molecule has 1 rings (SSSR count). The number of allylic oxidation sites excluding steroid dienone is 1. The topological polar surface area (TPSA) is 38.9 Å². The van der Waals surface area contributed by atoms with Crippen LogP contribution in [0.15, 0.2) is 24.4 Å². The molecule has 0 atom stereocenters. The first kappa shape index (κ1) is 8.78. The second-order valence-electron chi connectivity index (χ2n) is 3.08.